The van der Waals surface area contributed by atoms with E-state index in [1.807, 2.05) is 24.3 Å². The lowest BCUT2D eigenvalue weighted by atomic mass is 10.0. The monoisotopic (exact) mass is 470 g/mol. The molecule has 0 saturated carbocycles. The molecule has 0 saturated heterocycles. The predicted molar refractivity (Wildman–Crippen MR) is 123 cm³/mol. The number of halogens is 2. The van der Waals surface area contributed by atoms with Crippen molar-refractivity contribution >= 4 is 40.8 Å². The number of pyridine rings is 1. The van der Waals surface area contributed by atoms with Gasteiger partial charge < -0.3 is 14.7 Å². The van der Waals surface area contributed by atoms with Crippen molar-refractivity contribution in [3.05, 3.63) is 81.5 Å². The molecular formula is C24H20Cl2N2O4. The minimum absolute atomic E-state index is 0.0630. The van der Waals surface area contributed by atoms with Crippen molar-refractivity contribution in [2.75, 3.05) is 11.4 Å². The number of ether oxygens (including phenoxy) is 1. The number of hydrogen-bond donors (Lipinski definition) is 1. The van der Waals surface area contributed by atoms with Gasteiger partial charge in [-0.25, -0.2) is 4.98 Å². The topological polar surface area (TPSA) is 79.7 Å². The molecule has 0 radical (unpaired) electrons. The third-order valence-corrected chi connectivity index (χ3v) is 5.92. The summed E-state index contributed by atoms with van der Waals surface area (Å²) >= 11 is 12.7. The van der Waals surface area contributed by atoms with Gasteiger partial charge in [-0.3, -0.25) is 9.59 Å². The van der Waals surface area contributed by atoms with Gasteiger partial charge in [-0.1, -0.05) is 41.4 Å². The molecule has 0 aliphatic carbocycles. The Labute approximate surface area is 195 Å². The first-order chi connectivity index (χ1) is 15.4. The minimum Gasteiger partial charge on any atom is -0.481 e. The number of nitrogens with zero attached hydrogens (tertiary/aromatic N) is 2. The van der Waals surface area contributed by atoms with Gasteiger partial charge in [0.2, 0.25) is 5.88 Å². The van der Waals surface area contributed by atoms with Gasteiger partial charge in [0.25, 0.3) is 5.91 Å². The average Bonchev–Trinajstić information content (AvgIpc) is 2.79. The van der Waals surface area contributed by atoms with Crippen LogP contribution >= 0.6 is 23.2 Å². The summed E-state index contributed by atoms with van der Waals surface area (Å²) in [5, 5.41) is 9.48. The van der Waals surface area contributed by atoms with E-state index < -0.39 is 5.97 Å². The van der Waals surface area contributed by atoms with E-state index in [1.54, 1.807) is 23.1 Å². The molecule has 0 unspecified atom stereocenters. The van der Waals surface area contributed by atoms with E-state index in [0.717, 1.165) is 24.1 Å². The van der Waals surface area contributed by atoms with Crippen LogP contribution in [0.25, 0.3) is 0 Å². The zero-order valence-corrected chi connectivity index (χ0v) is 18.6. The van der Waals surface area contributed by atoms with Crippen molar-refractivity contribution < 1.29 is 19.4 Å². The molecule has 32 heavy (non-hydrogen) atoms. The van der Waals surface area contributed by atoms with Crippen LogP contribution in [0.15, 0.2) is 54.7 Å². The van der Waals surface area contributed by atoms with Gasteiger partial charge in [0.05, 0.1) is 5.02 Å². The van der Waals surface area contributed by atoms with E-state index >= 15 is 0 Å². The van der Waals surface area contributed by atoms with Crippen molar-refractivity contribution in [2.45, 2.75) is 25.7 Å². The van der Waals surface area contributed by atoms with E-state index in [4.69, 9.17) is 33.0 Å². The molecular weight excluding hydrogens is 451 g/mol. The van der Waals surface area contributed by atoms with Crippen molar-refractivity contribution in [3.8, 4) is 11.6 Å². The van der Waals surface area contributed by atoms with Crippen LogP contribution in [0.4, 0.5) is 5.69 Å². The largest absolute Gasteiger partial charge is 0.481 e. The number of aliphatic carboxylic acids is 1. The van der Waals surface area contributed by atoms with Crippen LogP contribution in [0.3, 0.4) is 0 Å². The Bertz CT molecular complexity index is 1180. The van der Waals surface area contributed by atoms with Gasteiger partial charge in [-0.15, -0.1) is 0 Å². The van der Waals surface area contributed by atoms with Gasteiger partial charge in [-0.2, -0.15) is 0 Å². The number of hydrogen-bond acceptors (Lipinski definition) is 4. The summed E-state index contributed by atoms with van der Waals surface area (Å²) in [6.45, 7) is 0.606. The van der Waals surface area contributed by atoms with Gasteiger partial charge in [0.15, 0.2) is 0 Å². The quantitative estimate of drug-likeness (QED) is 0.492. The smallest absolute Gasteiger partial charge is 0.303 e. The van der Waals surface area contributed by atoms with Crippen LogP contribution in [0.2, 0.25) is 10.0 Å². The maximum atomic E-state index is 13.4. The summed E-state index contributed by atoms with van der Waals surface area (Å²) in [4.78, 5) is 30.3. The van der Waals surface area contributed by atoms with E-state index in [-0.39, 0.29) is 35.4 Å². The lowest BCUT2D eigenvalue weighted by Crippen LogP contribution is -2.35. The van der Waals surface area contributed by atoms with Crippen LogP contribution < -0.4 is 9.64 Å². The van der Waals surface area contributed by atoms with Crippen molar-refractivity contribution in [3.63, 3.8) is 0 Å². The molecule has 1 amide bonds. The number of aryl methyl sites for hydroxylation is 2. The summed E-state index contributed by atoms with van der Waals surface area (Å²) in [6.07, 6.45) is 3.52. The highest BCUT2D eigenvalue weighted by atomic mass is 35.5. The van der Waals surface area contributed by atoms with Crippen LogP contribution in [0, 0.1) is 0 Å². The molecule has 1 N–H and O–H groups in total. The first kappa shape index (κ1) is 22.1. The summed E-state index contributed by atoms with van der Waals surface area (Å²) in [5.41, 5.74) is 2.94. The fraction of sp³-hybridized carbons (Fsp3) is 0.208. The molecule has 0 spiro atoms. The molecule has 0 bridgehead atoms. The highest BCUT2D eigenvalue weighted by molar-refractivity contribution is 6.34. The SMILES string of the molecule is O=C(O)CCc1cc(Cl)c(Oc2ncccc2C(=O)N2CCCc3ccccc32)cc1Cl. The van der Waals surface area contributed by atoms with Gasteiger partial charge in [0, 0.05) is 35.9 Å². The van der Waals surface area contributed by atoms with E-state index in [1.165, 1.54) is 12.3 Å². The van der Waals surface area contributed by atoms with Crippen LogP contribution in [-0.4, -0.2) is 28.5 Å². The number of para-hydroxylation sites is 1. The normalized spacial score (nSPS) is 12.9. The summed E-state index contributed by atoms with van der Waals surface area (Å²) in [7, 11) is 0. The zero-order chi connectivity index (χ0) is 22.7. The van der Waals surface area contributed by atoms with Crippen LogP contribution in [0.1, 0.15) is 34.3 Å². The minimum atomic E-state index is -0.923. The van der Waals surface area contributed by atoms with Crippen molar-refractivity contribution in [2.24, 2.45) is 0 Å². The maximum absolute atomic E-state index is 13.4. The maximum Gasteiger partial charge on any atom is 0.303 e. The van der Waals surface area contributed by atoms with Crippen LogP contribution in [-0.2, 0) is 17.6 Å². The van der Waals surface area contributed by atoms with Crippen molar-refractivity contribution in [1.82, 2.24) is 4.98 Å². The molecule has 1 aliphatic heterocycles. The highest BCUT2D eigenvalue weighted by Gasteiger charge is 2.26. The van der Waals surface area contributed by atoms with E-state index in [0.29, 0.717) is 22.7 Å². The molecule has 0 atom stereocenters. The molecule has 6 nitrogen and oxygen atoms in total. The third-order valence-electron chi connectivity index (χ3n) is 5.27. The number of carbonyl (C=O) groups excluding carboxylic acids is 1. The summed E-state index contributed by atoms with van der Waals surface area (Å²) in [5.74, 6) is -0.770. The Morgan fingerprint density at radius 2 is 1.91 bits per heavy atom. The Hall–Kier alpha value is -3.09. The highest BCUT2D eigenvalue weighted by Crippen LogP contribution is 2.36. The standard InChI is InChI=1S/C24H20Cl2N2O4/c25-18-14-21(19(26)13-16(18)9-10-22(29)30)32-23-17(7-3-11-27-23)24(31)28-12-4-6-15-5-1-2-8-20(15)28/h1-3,5,7-8,11,13-14H,4,6,9-10,12H2,(H,29,30). The number of anilines is 1. The lowest BCUT2D eigenvalue weighted by molar-refractivity contribution is -0.136. The molecule has 1 aliphatic rings. The van der Waals surface area contributed by atoms with Crippen molar-refractivity contribution in [1.29, 1.82) is 0 Å². The molecule has 2 heterocycles. The summed E-state index contributed by atoms with van der Waals surface area (Å²) in [6, 6.07) is 14.3. The number of amides is 1. The van der Waals surface area contributed by atoms with Gasteiger partial charge in [-0.05, 0) is 54.7 Å². The lowest BCUT2D eigenvalue weighted by Gasteiger charge is -2.29. The number of fused-ring (bicyclic) bond motifs is 1. The summed E-state index contributed by atoms with van der Waals surface area (Å²) < 4.78 is 5.91. The molecule has 8 heteroatoms. The molecule has 3 aromatic rings. The third kappa shape index (κ3) is 4.71. The number of carboxylic acids is 1. The fourth-order valence-electron chi connectivity index (χ4n) is 3.71. The zero-order valence-electron chi connectivity index (χ0n) is 17.1. The van der Waals surface area contributed by atoms with E-state index in [2.05, 4.69) is 4.98 Å². The molecule has 164 valence electrons. The first-order valence-electron chi connectivity index (χ1n) is 10.2. The molecule has 4 rings (SSSR count). The second kappa shape index (κ2) is 9.59. The number of benzene rings is 2. The number of carboxylic acid groups (broad SMARTS) is 1. The second-order valence-corrected chi connectivity index (χ2v) is 8.23. The molecule has 1 aromatic heterocycles. The number of aromatic nitrogens is 1. The first-order valence-corrected chi connectivity index (χ1v) is 10.9. The Morgan fingerprint density at radius 3 is 2.72 bits per heavy atom. The Kier molecular flexibility index (Phi) is 6.63. The number of carbonyl (C=O) groups is 2. The number of rotatable bonds is 6. The molecule has 2 aromatic carbocycles. The molecule has 0 fully saturated rings. The van der Waals surface area contributed by atoms with Gasteiger partial charge in [0.1, 0.15) is 11.3 Å². The van der Waals surface area contributed by atoms with Gasteiger partial charge >= 0.3 is 5.97 Å². The van der Waals surface area contributed by atoms with E-state index in [9.17, 15) is 9.59 Å². The average molecular weight is 471 g/mol. The predicted octanol–water partition coefficient (Wildman–Crippen LogP) is 5.79. The second-order valence-electron chi connectivity index (χ2n) is 7.42. The Balaban J connectivity index is 1.62. The Morgan fingerprint density at radius 1 is 1.09 bits per heavy atom. The van der Waals surface area contributed by atoms with Crippen LogP contribution in [0.5, 0.6) is 11.6 Å². The fourth-order valence-corrected chi connectivity index (χ4v) is 4.18.